The molecule has 1 heterocycles. The van der Waals surface area contributed by atoms with Crippen LogP contribution in [-0.2, 0) is 4.74 Å². The molecule has 2 N–H and O–H groups in total. The first kappa shape index (κ1) is 12.3. The highest BCUT2D eigenvalue weighted by atomic mass is 16.5. The molecule has 1 saturated heterocycles. The van der Waals surface area contributed by atoms with E-state index in [1.807, 2.05) is 0 Å². The van der Waals surface area contributed by atoms with E-state index in [4.69, 9.17) is 4.74 Å². The number of hydrogen-bond donors (Lipinski definition) is 2. The van der Waals surface area contributed by atoms with E-state index in [-0.39, 0.29) is 12.1 Å². The van der Waals surface area contributed by atoms with Crippen LogP contribution >= 0.6 is 0 Å². The van der Waals surface area contributed by atoms with E-state index in [0.717, 1.165) is 26.3 Å². The van der Waals surface area contributed by atoms with Crippen LogP contribution in [0.15, 0.2) is 0 Å². The van der Waals surface area contributed by atoms with Gasteiger partial charge in [0.25, 0.3) is 0 Å². The molecule has 1 aliphatic heterocycles. The van der Waals surface area contributed by atoms with Gasteiger partial charge in [-0.1, -0.05) is 0 Å². The Hall–Kier alpha value is -0.160. The van der Waals surface area contributed by atoms with Crippen molar-refractivity contribution in [3.8, 4) is 0 Å². The molecule has 2 fully saturated rings. The summed E-state index contributed by atoms with van der Waals surface area (Å²) in [7, 11) is 0. The molecule has 2 unspecified atom stereocenters. The molecule has 2 aliphatic rings. The second kappa shape index (κ2) is 5.00. The summed E-state index contributed by atoms with van der Waals surface area (Å²) >= 11 is 0. The standard InChI is InChI=1S/C12H24N2O2/c1-10-7-16-6-5-14(10)8-12(2,9-15)13-11-3-4-11/h10-11,13,15H,3-9H2,1-2H3. The van der Waals surface area contributed by atoms with Crippen molar-refractivity contribution in [1.82, 2.24) is 10.2 Å². The normalized spacial score (nSPS) is 31.3. The minimum absolute atomic E-state index is 0.160. The number of rotatable bonds is 5. The Morgan fingerprint density at radius 2 is 2.25 bits per heavy atom. The van der Waals surface area contributed by atoms with Crippen molar-refractivity contribution in [2.75, 3.05) is 32.9 Å². The Morgan fingerprint density at radius 3 is 2.81 bits per heavy atom. The first-order chi connectivity index (χ1) is 7.63. The predicted molar refractivity (Wildman–Crippen MR) is 63.5 cm³/mol. The van der Waals surface area contributed by atoms with E-state index in [1.54, 1.807) is 0 Å². The zero-order valence-electron chi connectivity index (χ0n) is 10.4. The second-order valence-electron chi connectivity index (χ2n) is 5.53. The molecule has 2 rings (SSSR count). The van der Waals surface area contributed by atoms with E-state index in [9.17, 15) is 5.11 Å². The van der Waals surface area contributed by atoms with E-state index >= 15 is 0 Å². The lowest BCUT2D eigenvalue weighted by Gasteiger charge is -2.40. The minimum atomic E-state index is -0.160. The van der Waals surface area contributed by atoms with Gasteiger partial charge >= 0.3 is 0 Å². The lowest BCUT2D eigenvalue weighted by atomic mass is 10.0. The largest absolute Gasteiger partial charge is 0.394 e. The fourth-order valence-corrected chi connectivity index (χ4v) is 2.31. The fourth-order valence-electron chi connectivity index (χ4n) is 2.31. The molecule has 0 amide bonds. The van der Waals surface area contributed by atoms with Crippen molar-refractivity contribution in [2.24, 2.45) is 0 Å². The number of aliphatic hydroxyl groups excluding tert-OH is 1. The Kier molecular flexibility index (Phi) is 3.85. The number of nitrogens with one attached hydrogen (secondary N) is 1. The average Bonchev–Trinajstić information content (AvgIpc) is 3.05. The molecule has 16 heavy (non-hydrogen) atoms. The highest BCUT2D eigenvalue weighted by Gasteiger charge is 2.34. The third kappa shape index (κ3) is 3.17. The summed E-state index contributed by atoms with van der Waals surface area (Å²) in [5.74, 6) is 0. The van der Waals surface area contributed by atoms with Gasteiger partial charge in [-0.15, -0.1) is 0 Å². The topological polar surface area (TPSA) is 44.7 Å². The molecule has 0 aromatic carbocycles. The number of ether oxygens (including phenoxy) is 1. The molecule has 0 bridgehead atoms. The van der Waals surface area contributed by atoms with Crippen LogP contribution in [0.5, 0.6) is 0 Å². The number of nitrogens with zero attached hydrogens (tertiary/aromatic N) is 1. The van der Waals surface area contributed by atoms with Gasteiger partial charge in [-0.3, -0.25) is 4.90 Å². The van der Waals surface area contributed by atoms with Crippen molar-refractivity contribution < 1.29 is 9.84 Å². The van der Waals surface area contributed by atoms with Crippen LogP contribution in [0.3, 0.4) is 0 Å². The molecule has 0 aromatic heterocycles. The molecule has 0 aromatic rings. The molecule has 0 radical (unpaired) electrons. The van der Waals surface area contributed by atoms with E-state index in [0.29, 0.717) is 12.1 Å². The van der Waals surface area contributed by atoms with Crippen LogP contribution in [0.25, 0.3) is 0 Å². The van der Waals surface area contributed by atoms with Gasteiger partial charge in [0.15, 0.2) is 0 Å². The maximum atomic E-state index is 9.56. The first-order valence-electron chi connectivity index (χ1n) is 6.33. The van der Waals surface area contributed by atoms with E-state index in [1.165, 1.54) is 12.8 Å². The minimum Gasteiger partial charge on any atom is -0.394 e. The summed E-state index contributed by atoms with van der Waals surface area (Å²) in [4.78, 5) is 2.41. The zero-order chi connectivity index (χ0) is 11.6. The molecule has 4 nitrogen and oxygen atoms in total. The summed E-state index contributed by atoms with van der Waals surface area (Å²) in [5.41, 5.74) is -0.160. The van der Waals surface area contributed by atoms with Gasteiger partial charge in [0, 0.05) is 25.2 Å². The molecule has 4 heteroatoms. The second-order valence-corrected chi connectivity index (χ2v) is 5.53. The lowest BCUT2D eigenvalue weighted by Crippen LogP contribution is -2.58. The average molecular weight is 228 g/mol. The van der Waals surface area contributed by atoms with Crippen LogP contribution < -0.4 is 5.32 Å². The third-order valence-corrected chi connectivity index (χ3v) is 3.54. The van der Waals surface area contributed by atoms with Gasteiger partial charge in [0.2, 0.25) is 0 Å². The highest BCUT2D eigenvalue weighted by Crippen LogP contribution is 2.23. The maximum Gasteiger partial charge on any atom is 0.0623 e. The summed E-state index contributed by atoms with van der Waals surface area (Å²) in [6, 6.07) is 1.09. The van der Waals surface area contributed by atoms with Crippen molar-refractivity contribution in [3.05, 3.63) is 0 Å². The summed E-state index contributed by atoms with van der Waals surface area (Å²) in [6.07, 6.45) is 2.52. The molecular weight excluding hydrogens is 204 g/mol. The SMILES string of the molecule is CC1COCCN1CC(C)(CO)NC1CC1. The van der Waals surface area contributed by atoms with Gasteiger partial charge in [0.1, 0.15) is 0 Å². The van der Waals surface area contributed by atoms with E-state index < -0.39 is 0 Å². The molecule has 1 saturated carbocycles. The molecule has 2 atom stereocenters. The van der Waals surface area contributed by atoms with Gasteiger partial charge in [-0.05, 0) is 26.7 Å². The molecule has 94 valence electrons. The Bertz CT molecular complexity index is 233. The first-order valence-corrected chi connectivity index (χ1v) is 6.33. The van der Waals surface area contributed by atoms with Crippen molar-refractivity contribution >= 4 is 0 Å². The smallest absolute Gasteiger partial charge is 0.0623 e. The highest BCUT2D eigenvalue weighted by molar-refractivity contribution is 4.95. The monoisotopic (exact) mass is 228 g/mol. The van der Waals surface area contributed by atoms with Gasteiger partial charge in [0.05, 0.1) is 25.4 Å². The summed E-state index contributed by atoms with van der Waals surface area (Å²) < 4.78 is 5.43. The zero-order valence-corrected chi connectivity index (χ0v) is 10.4. The van der Waals surface area contributed by atoms with Crippen LogP contribution in [0.1, 0.15) is 26.7 Å². The number of morpholine rings is 1. The predicted octanol–water partition coefficient (Wildman–Crippen LogP) is 0.210. The van der Waals surface area contributed by atoms with Crippen molar-refractivity contribution in [3.63, 3.8) is 0 Å². The summed E-state index contributed by atoms with van der Waals surface area (Å²) in [5, 5.41) is 13.1. The third-order valence-electron chi connectivity index (χ3n) is 3.54. The van der Waals surface area contributed by atoms with Crippen LogP contribution in [-0.4, -0.2) is 60.5 Å². The summed E-state index contributed by atoms with van der Waals surface area (Å²) in [6.45, 7) is 8.02. The van der Waals surface area contributed by atoms with Crippen LogP contribution in [0, 0.1) is 0 Å². The fraction of sp³-hybridized carbons (Fsp3) is 1.00. The number of hydrogen-bond acceptors (Lipinski definition) is 4. The lowest BCUT2D eigenvalue weighted by molar-refractivity contribution is -0.0180. The van der Waals surface area contributed by atoms with Gasteiger partial charge in [-0.25, -0.2) is 0 Å². The van der Waals surface area contributed by atoms with E-state index in [2.05, 4.69) is 24.1 Å². The molecule has 1 aliphatic carbocycles. The van der Waals surface area contributed by atoms with Gasteiger partial charge in [-0.2, -0.15) is 0 Å². The van der Waals surface area contributed by atoms with Crippen molar-refractivity contribution in [2.45, 2.75) is 44.3 Å². The maximum absolute atomic E-state index is 9.56. The quantitative estimate of drug-likeness (QED) is 0.706. The molecule has 0 spiro atoms. The Labute approximate surface area is 98.0 Å². The van der Waals surface area contributed by atoms with Crippen LogP contribution in [0.4, 0.5) is 0 Å². The van der Waals surface area contributed by atoms with Crippen LogP contribution in [0.2, 0.25) is 0 Å². The molecular formula is C12H24N2O2. The number of aliphatic hydroxyl groups is 1. The van der Waals surface area contributed by atoms with Gasteiger partial charge < -0.3 is 15.2 Å². The van der Waals surface area contributed by atoms with Crippen molar-refractivity contribution in [1.29, 1.82) is 0 Å². The Morgan fingerprint density at radius 1 is 1.50 bits per heavy atom. The Balaban J connectivity index is 1.87.